The molecule has 1 aromatic carbocycles. The maximum atomic E-state index is 11.7. The molecule has 5 heteroatoms. The fourth-order valence-electron chi connectivity index (χ4n) is 7.95. The van der Waals surface area contributed by atoms with Crippen LogP contribution in [0, 0.1) is 23.2 Å². The van der Waals surface area contributed by atoms with Gasteiger partial charge in [0.2, 0.25) is 0 Å². The van der Waals surface area contributed by atoms with Crippen LogP contribution in [-0.2, 0) is 0 Å². The summed E-state index contributed by atoms with van der Waals surface area (Å²) < 4.78 is 2.23. The van der Waals surface area contributed by atoms with E-state index in [1.807, 2.05) is 12.5 Å². The minimum atomic E-state index is -0.639. The Balaban J connectivity index is 1.28. The third-order valence-electron chi connectivity index (χ3n) is 9.14. The van der Waals surface area contributed by atoms with E-state index in [1.54, 1.807) is 0 Å². The molecule has 4 saturated carbocycles. The van der Waals surface area contributed by atoms with Crippen LogP contribution in [0.2, 0.25) is 0 Å². The van der Waals surface area contributed by atoms with Gasteiger partial charge < -0.3 is 19.9 Å². The van der Waals surface area contributed by atoms with E-state index in [-0.39, 0.29) is 36.0 Å². The zero-order valence-electron chi connectivity index (χ0n) is 17.5. The summed E-state index contributed by atoms with van der Waals surface area (Å²) in [5.41, 5.74) is 2.96. The molecule has 4 bridgehead atoms. The molecule has 5 aliphatic rings. The third kappa shape index (κ3) is 2.55. The Kier molecular flexibility index (Phi) is 4.22. The summed E-state index contributed by atoms with van der Waals surface area (Å²) in [6.07, 6.45) is 10.7. The molecular weight excluding hydrogens is 376 g/mol. The van der Waals surface area contributed by atoms with Gasteiger partial charge in [-0.2, -0.15) is 0 Å². The Bertz CT molecular complexity index is 937. The molecule has 0 radical (unpaired) electrons. The molecule has 4 aliphatic carbocycles. The summed E-state index contributed by atoms with van der Waals surface area (Å²) in [6, 6.07) is 8.63. The average Bonchev–Trinajstić information content (AvgIpc) is 3.33. The first-order chi connectivity index (χ1) is 14.5. The van der Waals surface area contributed by atoms with E-state index in [2.05, 4.69) is 33.8 Å². The van der Waals surface area contributed by atoms with Crippen LogP contribution in [0.5, 0.6) is 0 Å². The van der Waals surface area contributed by atoms with Crippen LogP contribution in [0.15, 0.2) is 36.8 Å². The maximum Gasteiger partial charge on any atom is 0.0956 e. The van der Waals surface area contributed by atoms with Crippen LogP contribution >= 0.6 is 0 Å². The van der Waals surface area contributed by atoms with Gasteiger partial charge in [-0.15, -0.1) is 0 Å². The highest BCUT2D eigenvalue weighted by Gasteiger charge is 2.63. The van der Waals surface area contributed by atoms with E-state index in [1.165, 1.54) is 11.1 Å². The Hall–Kier alpha value is -1.69. The van der Waals surface area contributed by atoms with E-state index >= 15 is 0 Å². The summed E-state index contributed by atoms with van der Waals surface area (Å²) in [4.78, 5) is 4.37. The van der Waals surface area contributed by atoms with Crippen LogP contribution in [0.3, 0.4) is 0 Å². The second-order valence-electron chi connectivity index (χ2n) is 10.6. The summed E-state index contributed by atoms with van der Waals surface area (Å²) in [7, 11) is 0. The number of benzene rings is 1. The van der Waals surface area contributed by atoms with Crippen molar-refractivity contribution in [1.82, 2.24) is 9.55 Å². The molecule has 2 heterocycles. The molecule has 1 aliphatic heterocycles. The van der Waals surface area contributed by atoms with E-state index < -0.39 is 5.60 Å². The van der Waals surface area contributed by atoms with Gasteiger partial charge >= 0.3 is 0 Å². The van der Waals surface area contributed by atoms with Crippen molar-refractivity contribution in [3.05, 3.63) is 42.4 Å². The quantitative estimate of drug-likeness (QED) is 0.683. The topological polar surface area (TPSA) is 78.5 Å². The van der Waals surface area contributed by atoms with Crippen LogP contribution in [-0.4, -0.2) is 43.2 Å². The predicted molar refractivity (Wildman–Crippen MR) is 114 cm³/mol. The van der Waals surface area contributed by atoms with Crippen molar-refractivity contribution in [2.75, 3.05) is 6.61 Å². The molecule has 160 valence electrons. The predicted octanol–water partition coefficient (Wildman–Crippen LogP) is 3.53. The molecule has 5 nitrogen and oxygen atoms in total. The zero-order chi connectivity index (χ0) is 20.5. The summed E-state index contributed by atoms with van der Waals surface area (Å²) in [6.45, 7) is 0.146. The number of rotatable bonds is 6. The lowest BCUT2D eigenvalue weighted by molar-refractivity contribution is -0.227. The van der Waals surface area contributed by atoms with E-state index in [9.17, 15) is 15.3 Å². The lowest BCUT2D eigenvalue weighted by Crippen LogP contribution is -2.63. The summed E-state index contributed by atoms with van der Waals surface area (Å²) >= 11 is 0. The average molecular weight is 409 g/mol. The van der Waals surface area contributed by atoms with Gasteiger partial charge in [0.15, 0.2) is 0 Å². The van der Waals surface area contributed by atoms with Crippen molar-refractivity contribution in [3.8, 4) is 11.3 Å². The summed E-state index contributed by atoms with van der Waals surface area (Å²) in [5.74, 6) is 1.17. The molecule has 4 fully saturated rings. The first kappa shape index (κ1) is 19.0. The Morgan fingerprint density at radius 2 is 1.90 bits per heavy atom. The van der Waals surface area contributed by atoms with Crippen molar-refractivity contribution in [2.24, 2.45) is 23.2 Å². The fourth-order valence-corrected chi connectivity index (χ4v) is 7.95. The lowest BCUT2D eigenvalue weighted by atomic mass is 9.42. The minimum absolute atomic E-state index is 0.0692. The number of fused-ring (bicyclic) bond motifs is 3. The van der Waals surface area contributed by atoms with Gasteiger partial charge in [0.25, 0.3) is 0 Å². The largest absolute Gasteiger partial charge is 0.396 e. The second-order valence-corrected chi connectivity index (χ2v) is 10.6. The van der Waals surface area contributed by atoms with Gasteiger partial charge in [0, 0.05) is 12.2 Å². The van der Waals surface area contributed by atoms with Gasteiger partial charge in [-0.3, -0.25) is 0 Å². The minimum Gasteiger partial charge on any atom is -0.396 e. The number of hydrogen-bond donors (Lipinski definition) is 3. The number of aliphatic hydroxyl groups is 3. The zero-order valence-corrected chi connectivity index (χ0v) is 17.5. The Morgan fingerprint density at radius 1 is 1.13 bits per heavy atom. The molecule has 3 N–H and O–H groups in total. The highest BCUT2D eigenvalue weighted by atomic mass is 16.3. The highest BCUT2D eigenvalue weighted by molar-refractivity contribution is 5.68. The van der Waals surface area contributed by atoms with Crippen molar-refractivity contribution in [3.63, 3.8) is 0 Å². The van der Waals surface area contributed by atoms with Crippen LogP contribution < -0.4 is 0 Å². The molecule has 2 aromatic rings. The van der Waals surface area contributed by atoms with Gasteiger partial charge in [0.05, 0.1) is 36.0 Å². The smallest absolute Gasteiger partial charge is 0.0956 e. The fraction of sp³-hybridized carbons (Fsp3) is 0.640. The van der Waals surface area contributed by atoms with Crippen molar-refractivity contribution < 1.29 is 15.3 Å². The molecule has 30 heavy (non-hydrogen) atoms. The molecule has 0 spiro atoms. The SMILES string of the molecule is OCCCC1(O)C2CC3CC1CC(C(O)CC1c4ccccc4-c4cncn41)(C3)C2. The number of aromatic nitrogens is 2. The third-order valence-corrected chi connectivity index (χ3v) is 9.14. The van der Waals surface area contributed by atoms with Gasteiger partial charge in [0.1, 0.15) is 0 Å². The van der Waals surface area contributed by atoms with Crippen molar-refractivity contribution in [1.29, 1.82) is 0 Å². The number of nitrogens with zero attached hydrogens (tertiary/aromatic N) is 2. The first-order valence-electron chi connectivity index (χ1n) is 11.7. The molecule has 4 unspecified atom stereocenters. The van der Waals surface area contributed by atoms with Crippen molar-refractivity contribution in [2.45, 2.75) is 69.1 Å². The second kappa shape index (κ2) is 6.65. The molecule has 4 atom stereocenters. The number of aliphatic hydroxyl groups excluding tert-OH is 2. The van der Waals surface area contributed by atoms with E-state index in [4.69, 9.17) is 0 Å². The van der Waals surface area contributed by atoms with Crippen LogP contribution in [0.25, 0.3) is 11.3 Å². The normalized spacial score (nSPS) is 39.2. The Morgan fingerprint density at radius 3 is 2.67 bits per heavy atom. The van der Waals surface area contributed by atoms with Gasteiger partial charge in [-0.05, 0) is 80.1 Å². The van der Waals surface area contributed by atoms with E-state index in [0.29, 0.717) is 25.2 Å². The number of imidazole rings is 1. The van der Waals surface area contributed by atoms with Gasteiger partial charge in [-0.25, -0.2) is 4.98 Å². The standard InChI is InChI=1S/C25H32N2O3/c28-7-3-6-25(30)17-8-16-9-18(25)13-24(11-16,12-17)23(29)10-21-19-4-1-2-5-20(19)22-14-26-15-27(21)22/h1-2,4-5,14-18,21,23,28-30H,3,6-13H2. The molecular formula is C25H32N2O3. The lowest BCUT2D eigenvalue weighted by Gasteiger charge is -2.65. The highest BCUT2D eigenvalue weighted by Crippen LogP contribution is 2.66. The first-order valence-corrected chi connectivity index (χ1v) is 11.7. The monoisotopic (exact) mass is 408 g/mol. The number of hydrogen-bond acceptors (Lipinski definition) is 4. The van der Waals surface area contributed by atoms with Crippen LogP contribution in [0.1, 0.15) is 63.0 Å². The molecule has 0 saturated heterocycles. The molecule has 1 aromatic heterocycles. The summed E-state index contributed by atoms with van der Waals surface area (Å²) in [5, 5.41) is 32.5. The molecule has 7 rings (SSSR count). The molecule has 0 amide bonds. The van der Waals surface area contributed by atoms with Crippen molar-refractivity contribution >= 4 is 0 Å². The van der Waals surface area contributed by atoms with E-state index in [0.717, 1.165) is 37.8 Å². The Labute approximate surface area is 177 Å². The maximum absolute atomic E-state index is 11.7. The van der Waals surface area contributed by atoms with Gasteiger partial charge in [-0.1, -0.05) is 24.3 Å². The van der Waals surface area contributed by atoms with Crippen LogP contribution in [0.4, 0.5) is 0 Å².